The minimum atomic E-state index is -3.75. The van der Waals surface area contributed by atoms with Gasteiger partial charge in [-0.05, 0) is 18.2 Å². The molecule has 1 aliphatic heterocycles. The molecule has 0 saturated carbocycles. The van der Waals surface area contributed by atoms with E-state index < -0.39 is 15.8 Å². The minimum Gasteiger partial charge on any atom is -0.494 e. The molecule has 1 aliphatic rings. The van der Waals surface area contributed by atoms with Crippen LogP contribution in [0.15, 0.2) is 23.1 Å². The van der Waals surface area contributed by atoms with Crippen LogP contribution in [-0.4, -0.2) is 57.3 Å². The second-order valence-corrected chi connectivity index (χ2v) is 6.28. The van der Waals surface area contributed by atoms with Crippen molar-refractivity contribution in [2.45, 2.75) is 4.90 Å². The number of ether oxygens (including phenoxy) is 1. The van der Waals surface area contributed by atoms with Gasteiger partial charge in [0.2, 0.25) is 16.4 Å². The number of benzene rings is 1. The number of carbonyl (C=O) groups excluding carboxylic acids is 1. The van der Waals surface area contributed by atoms with E-state index in [-0.39, 0.29) is 23.7 Å². The molecule has 1 saturated heterocycles. The highest BCUT2D eigenvalue weighted by Gasteiger charge is 2.28. The molecule has 1 aromatic carbocycles. The van der Waals surface area contributed by atoms with Crippen LogP contribution in [0.5, 0.6) is 5.75 Å². The van der Waals surface area contributed by atoms with Gasteiger partial charge in [-0.2, -0.15) is 4.31 Å². The van der Waals surface area contributed by atoms with Gasteiger partial charge in [0.1, 0.15) is 0 Å². The highest BCUT2D eigenvalue weighted by molar-refractivity contribution is 7.89. The van der Waals surface area contributed by atoms with Crippen LogP contribution in [0.3, 0.4) is 0 Å². The standard InChI is InChI=1S/C12H15FN2O4S/c1-19-12-3-2-10(8-11(12)13)20(17,18)15-6-4-14(9-16)5-7-15/h2-3,8-9H,4-7H2,1H3. The molecule has 0 bridgehead atoms. The Balaban J connectivity index is 2.22. The van der Waals surface area contributed by atoms with E-state index in [1.54, 1.807) is 0 Å². The Morgan fingerprint density at radius 3 is 2.40 bits per heavy atom. The monoisotopic (exact) mass is 302 g/mol. The van der Waals surface area contributed by atoms with Crippen LogP contribution < -0.4 is 4.74 Å². The highest BCUT2D eigenvalue weighted by Crippen LogP contribution is 2.23. The van der Waals surface area contributed by atoms with E-state index in [2.05, 4.69) is 0 Å². The van der Waals surface area contributed by atoms with Crippen molar-refractivity contribution < 1.29 is 22.3 Å². The number of carbonyl (C=O) groups is 1. The van der Waals surface area contributed by atoms with E-state index >= 15 is 0 Å². The quantitative estimate of drug-likeness (QED) is 0.750. The summed E-state index contributed by atoms with van der Waals surface area (Å²) < 4.78 is 44.3. The third-order valence-electron chi connectivity index (χ3n) is 3.18. The number of amides is 1. The number of nitrogens with zero attached hydrogens (tertiary/aromatic N) is 2. The number of piperazine rings is 1. The fourth-order valence-electron chi connectivity index (χ4n) is 2.01. The molecular formula is C12H15FN2O4S. The number of sulfonamides is 1. The van der Waals surface area contributed by atoms with Crippen molar-refractivity contribution in [1.82, 2.24) is 9.21 Å². The van der Waals surface area contributed by atoms with Gasteiger partial charge in [-0.1, -0.05) is 0 Å². The first kappa shape index (κ1) is 14.7. The zero-order valence-electron chi connectivity index (χ0n) is 11.0. The Hall–Kier alpha value is -1.67. The number of methoxy groups -OCH3 is 1. The summed E-state index contributed by atoms with van der Waals surface area (Å²) in [7, 11) is -2.44. The molecule has 0 spiro atoms. The van der Waals surface area contributed by atoms with Gasteiger partial charge >= 0.3 is 0 Å². The number of halogens is 1. The van der Waals surface area contributed by atoms with E-state index in [4.69, 9.17) is 4.74 Å². The maximum Gasteiger partial charge on any atom is 0.243 e. The summed E-state index contributed by atoms with van der Waals surface area (Å²) in [5, 5.41) is 0. The SMILES string of the molecule is COc1ccc(S(=O)(=O)N2CCN(C=O)CC2)cc1F. The van der Waals surface area contributed by atoms with Crippen LogP contribution in [0.2, 0.25) is 0 Å². The second kappa shape index (κ2) is 5.76. The topological polar surface area (TPSA) is 66.9 Å². The number of hydrogen-bond acceptors (Lipinski definition) is 4. The fraction of sp³-hybridized carbons (Fsp3) is 0.417. The third-order valence-corrected chi connectivity index (χ3v) is 5.08. The third kappa shape index (κ3) is 2.75. The molecule has 0 unspecified atom stereocenters. The summed E-state index contributed by atoms with van der Waals surface area (Å²) >= 11 is 0. The molecule has 0 N–H and O–H groups in total. The molecule has 0 atom stereocenters. The summed E-state index contributed by atoms with van der Waals surface area (Å²) in [6.07, 6.45) is 0.691. The Labute approximate surface area is 116 Å². The molecule has 2 rings (SSSR count). The van der Waals surface area contributed by atoms with E-state index in [9.17, 15) is 17.6 Å². The smallest absolute Gasteiger partial charge is 0.243 e. The first-order chi connectivity index (χ1) is 9.48. The molecule has 1 fully saturated rings. The van der Waals surface area contributed by atoms with Gasteiger partial charge < -0.3 is 9.64 Å². The minimum absolute atomic E-state index is 0.00489. The maximum atomic E-state index is 13.6. The van der Waals surface area contributed by atoms with Crippen molar-refractivity contribution >= 4 is 16.4 Å². The molecule has 0 aromatic heterocycles. The number of hydrogen-bond donors (Lipinski definition) is 0. The molecule has 1 aromatic rings. The normalized spacial score (nSPS) is 17.0. The second-order valence-electron chi connectivity index (χ2n) is 4.34. The summed E-state index contributed by atoms with van der Waals surface area (Å²) in [5.74, 6) is -0.727. The molecule has 20 heavy (non-hydrogen) atoms. The molecule has 0 aliphatic carbocycles. The van der Waals surface area contributed by atoms with Gasteiger partial charge in [-0.25, -0.2) is 12.8 Å². The zero-order valence-corrected chi connectivity index (χ0v) is 11.8. The Bertz CT molecular complexity index is 597. The van der Waals surface area contributed by atoms with Crippen molar-refractivity contribution in [3.05, 3.63) is 24.0 Å². The lowest BCUT2D eigenvalue weighted by atomic mass is 10.3. The van der Waals surface area contributed by atoms with Crippen molar-refractivity contribution in [3.63, 3.8) is 0 Å². The van der Waals surface area contributed by atoms with Crippen LogP contribution in [0.25, 0.3) is 0 Å². The lowest BCUT2D eigenvalue weighted by Crippen LogP contribution is -2.47. The molecule has 110 valence electrons. The van der Waals surface area contributed by atoms with E-state index in [0.29, 0.717) is 19.5 Å². The molecule has 1 heterocycles. The molecule has 8 heteroatoms. The summed E-state index contributed by atoms with van der Waals surface area (Å²) in [6.45, 7) is 1.08. The van der Waals surface area contributed by atoms with Gasteiger partial charge in [0.15, 0.2) is 11.6 Å². The van der Waals surface area contributed by atoms with E-state index in [1.807, 2.05) is 0 Å². The average molecular weight is 302 g/mol. The van der Waals surface area contributed by atoms with Crippen LogP contribution in [0.4, 0.5) is 4.39 Å². The Morgan fingerprint density at radius 1 is 1.25 bits per heavy atom. The van der Waals surface area contributed by atoms with Crippen molar-refractivity contribution in [3.8, 4) is 5.75 Å². The van der Waals surface area contributed by atoms with Crippen LogP contribution in [0, 0.1) is 5.82 Å². The van der Waals surface area contributed by atoms with Gasteiger partial charge in [0.05, 0.1) is 12.0 Å². The highest BCUT2D eigenvalue weighted by atomic mass is 32.2. The molecule has 1 amide bonds. The fourth-order valence-corrected chi connectivity index (χ4v) is 3.44. The maximum absolute atomic E-state index is 13.6. The first-order valence-corrected chi connectivity index (χ1v) is 7.46. The van der Waals surface area contributed by atoms with Gasteiger partial charge in [0, 0.05) is 26.2 Å². The predicted octanol–water partition coefficient (Wildman–Crippen LogP) is 0.297. The summed E-state index contributed by atoms with van der Waals surface area (Å²) in [5.41, 5.74) is 0. The predicted molar refractivity (Wildman–Crippen MR) is 69.3 cm³/mol. The largest absolute Gasteiger partial charge is 0.494 e. The molecular weight excluding hydrogens is 287 g/mol. The van der Waals surface area contributed by atoms with Crippen LogP contribution >= 0.6 is 0 Å². The van der Waals surface area contributed by atoms with Gasteiger partial charge in [0.25, 0.3) is 0 Å². The van der Waals surface area contributed by atoms with E-state index in [1.165, 1.54) is 28.4 Å². The average Bonchev–Trinajstić information content (AvgIpc) is 2.47. The van der Waals surface area contributed by atoms with Crippen LogP contribution in [-0.2, 0) is 14.8 Å². The molecule has 0 radical (unpaired) electrons. The lowest BCUT2D eigenvalue weighted by Gasteiger charge is -2.31. The first-order valence-electron chi connectivity index (χ1n) is 6.02. The van der Waals surface area contributed by atoms with Crippen molar-refractivity contribution in [2.24, 2.45) is 0 Å². The zero-order chi connectivity index (χ0) is 14.8. The Morgan fingerprint density at radius 2 is 1.90 bits per heavy atom. The molecule has 6 nitrogen and oxygen atoms in total. The van der Waals surface area contributed by atoms with Crippen LogP contribution in [0.1, 0.15) is 0 Å². The number of rotatable bonds is 4. The van der Waals surface area contributed by atoms with Gasteiger partial charge in [-0.3, -0.25) is 4.79 Å². The summed E-state index contributed by atoms with van der Waals surface area (Å²) in [4.78, 5) is 12.0. The lowest BCUT2D eigenvalue weighted by molar-refractivity contribution is -0.119. The van der Waals surface area contributed by atoms with Crippen molar-refractivity contribution in [2.75, 3.05) is 33.3 Å². The van der Waals surface area contributed by atoms with E-state index in [0.717, 1.165) is 6.07 Å². The van der Waals surface area contributed by atoms with Gasteiger partial charge in [-0.15, -0.1) is 0 Å². The summed E-state index contributed by atoms with van der Waals surface area (Å²) in [6, 6.07) is 3.54. The Kier molecular flexibility index (Phi) is 4.24. The van der Waals surface area contributed by atoms with Crippen molar-refractivity contribution in [1.29, 1.82) is 0 Å².